The van der Waals surface area contributed by atoms with Crippen LogP contribution >= 0.6 is 0 Å². The number of Topliss-reactive ketones (excluding diaryl/α,β-unsaturated/α-hetero) is 1. The van der Waals surface area contributed by atoms with Crippen LogP contribution in [0.2, 0.25) is 0 Å². The van der Waals surface area contributed by atoms with Gasteiger partial charge in [-0.05, 0) is 19.3 Å². The molecule has 0 aromatic carbocycles. The van der Waals surface area contributed by atoms with Gasteiger partial charge < -0.3 is 9.47 Å². The summed E-state index contributed by atoms with van der Waals surface area (Å²) in [6.07, 6.45) is 1.34. The normalized spacial score (nSPS) is 21.6. The Bertz CT molecular complexity index is 395. The molecule has 1 saturated heterocycles. The van der Waals surface area contributed by atoms with E-state index in [1.165, 1.54) is 11.0 Å². The molecule has 0 radical (unpaired) electrons. The van der Waals surface area contributed by atoms with Crippen LogP contribution in [0.3, 0.4) is 0 Å². The van der Waals surface area contributed by atoms with Crippen LogP contribution in [0.25, 0.3) is 0 Å². The molecule has 0 aromatic heterocycles. The lowest BCUT2D eigenvalue weighted by atomic mass is 9.87. The summed E-state index contributed by atoms with van der Waals surface area (Å²) in [5.41, 5.74) is -0.961. The van der Waals surface area contributed by atoms with Crippen LogP contribution in [-0.4, -0.2) is 41.8 Å². The highest BCUT2D eigenvalue weighted by Gasteiger charge is 2.48. The first-order valence-corrected chi connectivity index (χ1v) is 6.82. The van der Waals surface area contributed by atoms with E-state index in [2.05, 4.69) is 6.58 Å². The molecule has 0 aliphatic carbocycles. The average Bonchev–Trinajstić information content (AvgIpc) is 2.59. The number of carbonyl (C=O) groups is 2. The molecule has 0 saturated carbocycles. The Morgan fingerprint density at radius 2 is 2.05 bits per heavy atom. The summed E-state index contributed by atoms with van der Waals surface area (Å²) in [4.78, 5) is 25.9. The Morgan fingerprint density at radius 3 is 2.55 bits per heavy atom. The van der Waals surface area contributed by atoms with Crippen molar-refractivity contribution in [3.05, 3.63) is 12.7 Å². The summed E-state index contributed by atoms with van der Waals surface area (Å²) in [6, 6.07) is -0.582. The van der Waals surface area contributed by atoms with E-state index in [4.69, 9.17) is 9.47 Å². The summed E-state index contributed by atoms with van der Waals surface area (Å²) in [6.45, 7) is 13.3. The van der Waals surface area contributed by atoms with E-state index < -0.39 is 17.9 Å². The Hall–Kier alpha value is -1.36. The van der Waals surface area contributed by atoms with E-state index in [1.807, 2.05) is 20.8 Å². The summed E-state index contributed by atoms with van der Waals surface area (Å²) in [5, 5.41) is 0. The van der Waals surface area contributed by atoms with Crippen LogP contribution in [0.1, 0.15) is 41.0 Å². The van der Waals surface area contributed by atoms with Gasteiger partial charge in [-0.2, -0.15) is 0 Å². The summed E-state index contributed by atoms with van der Waals surface area (Å²) >= 11 is 0. The van der Waals surface area contributed by atoms with E-state index in [1.54, 1.807) is 13.8 Å². The van der Waals surface area contributed by atoms with Gasteiger partial charge in [0.15, 0.2) is 5.78 Å². The largest absolute Gasteiger partial charge is 0.445 e. The van der Waals surface area contributed by atoms with Crippen molar-refractivity contribution in [2.75, 3.05) is 13.2 Å². The molecule has 1 aliphatic heterocycles. The van der Waals surface area contributed by atoms with Gasteiger partial charge in [-0.25, -0.2) is 4.79 Å². The second kappa shape index (κ2) is 5.95. The number of amides is 1. The van der Waals surface area contributed by atoms with Gasteiger partial charge in [-0.3, -0.25) is 9.69 Å². The Labute approximate surface area is 120 Å². The number of ketones is 1. The van der Waals surface area contributed by atoms with Crippen LogP contribution in [0.4, 0.5) is 4.79 Å². The molecule has 0 N–H and O–H groups in total. The fourth-order valence-electron chi connectivity index (χ4n) is 2.23. The van der Waals surface area contributed by atoms with Gasteiger partial charge in [-0.15, -0.1) is 0 Å². The third-order valence-electron chi connectivity index (χ3n) is 3.08. The third-order valence-corrected chi connectivity index (χ3v) is 3.08. The molecule has 5 heteroatoms. The molecule has 0 bridgehead atoms. The van der Waals surface area contributed by atoms with Crippen molar-refractivity contribution in [1.29, 1.82) is 0 Å². The van der Waals surface area contributed by atoms with Gasteiger partial charge >= 0.3 is 6.09 Å². The molecule has 1 fully saturated rings. The van der Waals surface area contributed by atoms with Gasteiger partial charge in [0.25, 0.3) is 0 Å². The topological polar surface area (TPSA) is 55.8 Å². The van der Waals surface area contributed by atoms with Crippen molar-refractivity contribution >= 4 is 11.9 Å². The first kappa shape index (κ1) is 16.7. The maximum Gasteiger partial charge on any atom is 0.413 e. The number of nitrogens with zero attached hydrogens (tertiary/aromatic N) is 1. The molecule has 20 heavy (non-hydrogen) atoms. The standard InChI is InChI=1S/C15H25NO4/c1-7-8-19-13(18)16-11(10-20-15(16,5)6)12(17)9-14(2,3)4/h7,11H,1,8-10H2,2-6H3. The molecule has 0 aromatic rings. The zero-order chi connectivity index (χ0) is 15.6. The minimum atomic E-state index is -0.837. The highest BCUT2D eigenvalue weighted by Crippen LogP contribution is 2.31. The molecule has 1 aliphatic rings. The SMILES string of the molecule is C=CCOC(=O)N1C(C(=O)CC(C)(C)C)COC1(C)C. The lowest BCUT2D eigenvalue weighted by Gasteiger charge is -2.32. The predicted octanol–water partition coefficient (Wildman–Crippen LogP) is 2.75. The van der Waals surface area contributed by atoms with E-state index in [-0.39, 0.29) is 24.4 Å². The number of ether oxygens (including phenoxy) is 2. The molecule has 1 atom stereocenters. The average molecular weight is 283 g/mol. The fraction of sp³-hybridized carbons (Fsp3) is 0.733. The van der Waals surface area contributed by atoms with Gasteiger partial charge in [0.2, 0.25) is 0 Å². The molecule has 114 valence electrons. The van der Waals surface area contributed by atoms with Crippen LogP contribution in [0.15, 0.2) is 12.7 Å². The van der Waals surface area contributed by atoms with E-state index in [0.29, 0.717) is 6.42 Å². The third kappa shape index (κ3) is 4.07. The molecule has 1 unspecified atom stereocenters. The monoisotopic (exact) mass is 283 g/mol. The van der Waals surface area contributed by atoms with Crippen LogP contribution in [0, 0.1) is 5.41 Å². The highest BCUT2D eigenvalue weighted by atomic mass is 16.6. The van der Waals surface area contributed by atoms with Crippen LogP contribution in [-0.2, 0) is 14.3 Å². The quantitative estimate of drug-likeness (QED) is 0.744. The maximum atomic E-state index is 12.4. The zero-order valence-electron chi connectivity index (χ0n) is 13.1. The van der Waals surface area contributed by atoms with Crippen molar-refractivity contribution in [1.82, 2.24) is 4.90 Å². The molecule has 1 rings (SSSR count). The highest BCUT2D eigenvalue weighted by molar-refractivity contribution is 5.88. The summed E-state index contributed by atoms with van der Waals surface area (Å²) in [5.74, 6) is -0.00127. The Balaban J connectivity index is 2.87. The number of carbonyl (C=O) groups excluding carboxylic acids is 2. The smallest absolute Gasteiger partial charge is 0.413 e. The Kier molecular flexibility index (Phi) is 4.97. The zero-order valence-corrected chi connectivity index (χ0v) is 13.1. The second-order valence-corrected chi connectivity index (χ2v) is 6.71. The molecule has 1 amide bonds. The number of hydrogen-bond donors (Lipinski definition) is 0. The lowest BCUT2D eigenvalue weighted by Crippen LogP contribution is -2.51. The van der Waals surface area contributed by atoms with E-state index in [9.17, 15) is 9.59 Å². The number of hydrogen-bond acceptors (Lipinski definition) is 4. The van der Waals surface area contributed by atoms with Crippen LogP contribution < -0.4 is 0 Å². The van der Waals surface area contributed by atoms with Crippen molar-refractivity contribution < 1.29 is 19.1 Å². The van der Waals surface area contributed by atoms with Crippen molar-refractivity contribution in [3.63, 3.8) is 0 Å². The fourth-order valence-corrected chi connectivity index (χ4v) is 2.23. The van der Waals surface area contributed by atoms with Gasteiger partial charge in [-0.1, -0.05) is 33.4 Å². The van der Waals surface area contributed by atoms with E-state index >= 15 is 0 Å². The first-order valence-electron chi connectivity index (χ1n) is 6.82. The second-order valence-electron chi connectivity index (χ2n) is 6.71. The van der Waals surface area contributed by atoms with Gasteiger partial charge in [0, 0.05) is 6.42 Å². The maximum absolute atomic E-state index is 12.4. The Morgan fingerprint density at radius 1 is 1.45 bits per heavy atom. The van der Waals surface area contributed by atoms with Gasteiger partial charge in [0.1, 0.15) is 18.4 Å². The number of rotatable bonds is 4. The summed E-state index contributed by atoms with van der Waals surface area (Å²) in [7, 11) is 0. The molecular weight excluding hydrogens is 258 g/mol. The molecule has 0 spiro atoms. The minimum Gasteiger partial charge on any atom is -0.445 e. The van der Waals surface area contributed by atoms with Crippen molar-refractivity contribution in [2.45, 2.75) is 52.8 Å². The van der Waals surface area contributed by atoms with Crippen molar-refractivity contribution in [3.8, 4) is 0 Å². The van der Waals surface area contributed by atoms with E-state index in [0.717, 1.165) is 0 Å². The molecular formula is C15H25NO4. The summed E-state index contributed by atoms with van der Waals surface area (Å²) < 4.78 is 10.6. The molecule has 1 heterocycles. The predicted molar refractivity (Wildman–Crippen MR) is 76.3 cm³/mol. The lowest BCUT2D eigenvalue weighted by molar-refractivity contribution is -0.125. The van der Waals surface area contributed by atoms with Gasteiger partial charge in [0.05, 0.1) is 6.61 Å². The molecule has 5 nitrogen and oxygen atoms in total. The van der Waals surface area contributed by atoms with Crippen molar-refractivity contribution in [2.24, 2.45) is 5.41 Å². The first-order chi connectivity index (χ1) is 9.08. The minimum absolute atomic E-state index is 0.00127. The van der Waals surface area contributed by atoms with Crippen LogP contribution in [0.5, 0.6) is 0 Å².